The molecule has 0 aliphatic rings. The number of nitro benzene ring substituents is 1. The van der Waals surface area contributed by atoms with Crippen LogP contribution in [0.15, 0.2) is 18.2 Å². The van der Waals surface area contributed by atoms with Gasteiger partial charge in [0.15, 0.2) is 0 Å². The summed E-state index contributed by atoms with van der Waals surface area (Å²) in [6, 6.07) is 4.78. The Balaban J connectivity index is 2.47. The van der Waals surface area contributed by atoms with Crippen molar-refractivity contribution >= 4 is 11.6 Å². The summed E-state index contributed by atoms with van der Waals surface area (Å²) < 4.78 is 9.85. The second-order valence-corrected chi connectivity index (χ2v) is 4.14. The van der Waals surface area contributed by atoms with Crippen LogP contribution in [-0.2, 0) is 20.8 Å². The maximum absolute atomic E-state index is 11.5. The van der Waals surface area contributed by atoms with Crippen molar-refractivity contribution in [3.63, 3.8) is 0 Å². The summed E-state index contributed by atoms with van der Waals surface area (Å²) in [6.07, 6.45) is 0. The van der Waals surface area contributed by atoms with Gasteiger partial charge in [-0.15, -0.1) is 0 Å². The third-order valence-electron chi connectivity index (χ3n) is 2.76. The van der Waals surface area contributed by atoms with Crippen LogP contribution in [0.1, 0.15) is 11.1 Å². The van der Waals surface area contributed by atoms with Gasteiger partial charge in [-0.05, 0) is 12.5 Å². The molecule has 0 radical (unpaired) electrons. The van der Waals surface area contributed by atoms with E-state index in [-0.39, 0.29) is 24.7 Å². The molecule has 0 aliphatic heterocycles. The van der Waals surface area contributed by atoms with Gasteiger partial charge in [0.05, 0.1) is 18.1 Å². The molecule has 1 aromatic carbocycles. The van der Waals surface area contributed by atoms with Gasteiger partial charge in [-0.2, -0.15) is 0 Å². The highest BCUT2D eigenvalue weighted by molar-refractivity contribution is 5.77. The third kappa shape index (κ3) is 4.94. The molecule has 0 unspecified atom stereocenters. The van der Waals surface area contributed by atoms with Gasteiger partial charge in [-0.3, -0.25) is 14.9 Å². The highest BCUT2D eigenvalue weighted by Crippen LogP contribution is 2.20. The fourth-order valence-corrected chi connectivity index (χ4v) is 1.61. The molecule has 7 heteroatoms. The number of nitrogens with one attached hydrogen (secondary N) is 1. The number of rotatable bonds is 8. The molecular weight excluding hydrogens is 264 g/mol. The molecule has 0 atom stereocenters. The lowest BCUT2D eigenvalue weighted by Gasteiger charge is -2.08. The standard InChI is InChI=1S/C13H18N2O5/c1-10-11(4-3-5-12(10)15(17)18)8-14-13(16)9-20-7-6-19-2/h3-5H,6-9H2,1-2H3,(H,14,16). The predicted molar refractivity (Wildman–Crippen MR) is 72.4 cm³/mol. The monoisotopic (exact) mass is 282 g/mol. The average molecular weight is 282 g/mol. The second-order valence-electron chi connectivity index (χ2n) is 4.14. The van der Waals surface area contributed by atoms with Crippen molar-refractivity contribution in [3.05, 3.63) is 39.4 Å². The summed E-state index contributed by atoms with van der Waals surface area (Å²) in [4.78, 5) is 21.9. The van der Waals surface area contributed by atoms with Crippen LogP contribution in [0.5, 0.6) is 0 Å². The molecule has 1 rings (SSSR count). The minimum absolute atomic E-state index is 0.0492. The number of benzene rings is 1. The van der Waals surface area contributed by atoms with Gasteiger partial charge in [0.1, 0.15) is 6.61 Å². The number of methoxy groups -OCH3 is 1. The van der Waals surface area contributed by atoms with E-state index in [1.54, 1.807) is 26.2 Å². The number of nitrogens with zero attached hydrogens (tertiary/aromatic N) is 1. The van der Waals surface area contributed by atoms with Gasteiger partial charge in [-0.25, -0.2) is 0 Å². The van der Waals surface area contributed by atoms with Crippen LogP contribution in [0.25, 0.3) is 0 Å². The predicted octanol–water partition coefficient (Wildman–Crippen LogP) is 1.18. The Labute approximate surface area is 117 Å². The molecule has 0 spiro atoms. The van der Waals surface area contributed by atoms with Crippen molar-refractivity contribution in [2.45, 2.75) is 13.5 Å². The lowest BCUT2D eigenvalue weighted by Crippen LogP contribution is -2.28. The minimum atomic E-state index is -0.436. The van der Waals surface area contributed by atoms with E-state index in [4.69, 9.17) is 9.47 Å². The number of hydrogen-bond donors (Lipinski definition) is 1. The molecule has 1 N–H and O–H groups in total. The van der Waals surface area contributed by atoms with Gasteiger partial charge in [0.25, 0.3) is 5.69 Å². The van der Waals surface area contributed by atoms with Crippen LogP contribution in [-0.4, -0.2) is 37.8 Å². The maximum atomic E-state index is 11.5. The normalized spacial score (nSPS) is 10.3. The van der Waals surface area contributed by atoms with Gasteiger partial charge >= 0.3 is 0 Å². The van der Waals surface area contributed by atoms with Crippen LogP contribution < -0.4 is 5.32 Å². The average Bonchev–Trinajstić information content (AvgIpc) is 2.42. The number of hydrogen-bond acceptors (Lipinski definition) is 5. The molecule has 0 bridgehead atoms. The molecule has 0 heterocycles. The van der Waals surface area contributed by atoms with Crippen molar-refractivity contribution in [1.82, 2.24) is 5.32 Å². The fourth-order valence-electron chi connectivity index (χ4n) is 1.61. The summed E-state index contributed by atoms with van der Waals surface area (Å²) >= 11 is 0. The quantitative estimate of drug-likeness (QED) is 0.439. The first-order valence-corrected chi connectivity index (χ1v) is 6.12. The first kappa shape index (κ1) is 16.1. The number of carbonyl (C=O) groups is 1. The fraction of sp³-hybridized carbons (Fsp3) is 0.462. The summed E-state index contributed by atoms with van der Waals surface area (Å²) in [5.74, 6) is -0.271. The van der Waals surface area contributed by atoms with E-state index < -0.39 is 4.92 Å². The molecule has 0 aromatic heterocycles. The summed E-state index contributed by atoms with van der Waals surface area (Å²) in [5, 5.41) is 13.5. The Morgan fingerprint density at radius 1 is 1.40 bits per heavy atom. The summed E-state index contributed by atoms with van der Waals surface area (Å²) in [5.41, 5.74) is 1.32. The lowest BCUT2D eigenvalue weighted by molar-refractivity contribution is -0.385. The van der Waals surface area contributed by atoms with Crippen molar-refractivity contribution in [2.24, 2.45) is 0 Å². The third-order valence-corrected chi connectivity index (χ3v) is 2.76. The lowest BCUT2D eigenvalue weighted by atomic mass is 10.1. The van der Waals surface area contributed by atoms with E-state index in [0.29, 0.717) is 24.3 Å². The zero-order chi connectivity index (χ0) is 15.0. The molecule has 0 saturated carbocycles. The molecule has 110 valence electrons. The first-order chi connectivity index (χ1) is 9.56. The minimum Gasteiger partial charge on any atom is -0.382 e. The molecule has 20 heavy (non-hydrogen) atoms. The molecular formula is C13H18N2O5. The Hall–Kier alpha value is -1.99. The first-order valence-electron chi connectivity index (χ1n) is 6.12. The van der Waals surface area contributed by atoms with E-state index in [1.807, 2.05) is 0 Å². The topological polar surface area (TPSA) is 90.7 Å². The Morgan fingerprint density at radius 3 is 2.80 bits per heavy atom. The molecule has 7 nitrogen and oxygen atoms in total. The van der Waals surface area contributed by atoms with Crippen molar-refractivity contribution < 1.29 is 19.2 Å². The van der Waals surface area contributed by atoms with E-state index >= 15 is 0 Å². The number of amides is 1. The zero-order valence-electron chi connectivity index (χ0n) is 11.5. The number of ether oxygens (including phenoxy) is 2. The van der Waals surface area contributed by atoms with Gasteiger partial charge in [0, 0.05) is 25.3 Å². The Bertz CT molecular complexity index is 476. The van der Waals surface area contributed by atoms with Crippen LogP contribution in [0.3, 0.4) is 0 Å². The largest absolute Gasteiger partial charge is 0.382 e. The molecule has 0 aliphatic carbocycles. The van der Waals surface area contributed by atoms with Crippen molar-refractivity contribution in [2.75, 3.05) is 26.9 Å². The van der Waals surface area contributed by atoms with E-state index in [9.17, 15) is 14.9 Å². The van der Waals surface area contributed by atoms with Crippen LogP contribution in [0.4, 0.5) is 5.69 Å². The summed E-state index contributed by atoms with van der Waals surface area (Å²) in [6.45, 7) is 2.61. The van der Waals surface area contributed by atoms with E-state index in [0.717, 1.165) is 0 Å². The van der Waals surface area contributed by atoms with Gasteiger partial charge < -0.3 is 14.8 Å². The molecule has 0 fully saturated rings. The molecule has 1 amide bonds. The maximum Gasteiger partial charge on any atom is 0.272 e. The zero-order valence-corrected chi connectivity index (χ0v) is 11.5. The molecule has 1 aromatic rings. The smallest absolute Gasteiger partial charge is 0.272 e. The highest BCUT2D eigenvalue weighted by Gasteiger charge is 2.13. The van der Waals surface area contributed by atoms with Crippen LogP contribution in [0.2, 0.25) is 0 Å². The number of carbonyl (C=O) groups excluding carboxylic acids is 1. The van der Waals surface area contributed by atoms with Crippen molar-refractivity contribution in [3.8, 4) is 0 Å². The van der Waals surface area contributed by atoms with Crippen LogP contribution >= 0.6 is 0 Å². The summed E-state index contributed by atoms with van der Waals surface area (Å²) in [7, 11) is 1.55. The van der Waals surface area contributed by atoms with Crippen LogP contribution in [0, 0.1) is 17.0 Å². The highest BCUT2D eigenvalue weighted by atomic mass is 16.6. The van der Waals surface area contributed by atoms with Crippen molar-refractivity contribution in [1.29, 1.82) is 0 Å². The number of nitro groups is 1. The van der Waals surface area contributed by atoms with E-state index in [2.05, 4.69) is 5.32 Å². The Kier molecular flexibility index (Phi) is 6.61. The Morgan fingerprint density at radius 2 is 2.15 bits per heavy atom. The SMILES string of the molecule is COCCOCC(=O)NCc1cccc([N+](=O)[O-])c1C. The van der Waals surface area contributed by atoms with Gasteiger partial charge in [0.2, 0.25) is 5.91 Å². The van der Waals surface area contributed by atoms with E-state index in [1.165, 1.54) is 6.07 Å². The second kappa shape index (κ2) is 8.23. The van der Waals surface area contributed by atoms with Gasteiger partial charge in [-0.1, -0.05) is 12.1 Å². The molecule has 0 saturated heterocycles.